The molecular formula is C25H34O6S. The minimum absolute atomic E-state index is 0.161. The lowest BCUT2D eigenvalue weighted by Gasteiger charge is -2.44. The van der Waals surface area contributed by atoms with E-state index in [2.05, 4.69) is 13.8 Å². The summed E-state index contributed by atoms with van der Waals surface area (Å²) >= 11 is 1.20. The summed E-state index contributed by atoms with van der Waals surface area (Å²) < 4.78 is 25.2. The van der Waals surface area contributed by atoms with Crippen LogP contribution in [0.25, 0.3) is 10.1 Å². The number of ether oxygens (including phenoxy) is 4. The van der Waals surface area contributed by atoms with Crippen LogP contribution in [0.1, 0.15) is 74.9 Å². The van der Waals surface area contributed by atoms with Crippen LogP contribution in [0, 0.1) is 11.8 Å². The van der Waals surface area contributed by atoms with Crippen LogP contribution in [0.2, 0.25) is 0 Å². The molecule has 1 N–H and O–H groups in total. The third kappa shape index (κ3) is 4.69. The van der Waals surface area contributed by atoms with E-state index in [0.29, 0.717) is 29.1 Å². The Morgan fingerprint density at radius 3 is 2.25 bits per heavy atom. The van der Waals surface area contributed by atoms with Gasteiger partial charge in [-0.25, -0.2) is 4.79 Å². The second-order valence-electron chi connectivity index (χ2n) is 9.51. The Bertz CT molecular complexity index is 951. The van der Waals surface area contributed by atoms with E-state index in [1.807, 2.05) is 12.1 Å². The van der Waals surface area contributed by atoms with Crippen molar-refractivity contribution in [3.05, 3.63) is 17.0 Å². The van der Waals surface area contributed by atoms with Crippen molar-refractivity contribution in [1.29, 1.82) is 0 Å². The molecule has 2 unspecified atom stereocenters. The fraction of sp³-hybridized carbons (Fsp3) is 0.640. The quantitative estimate of drug-likeness (QED) is 0.474. The molecule has 6 nitrogen and oxygen atoms in total. The predicted octanol–water partition coefficient (Wildman–Crippen LogP) is 6.50. The Morgan fingerprint density at radius 2 is 1.66 bits per heavy atom. The molecule has 2 saturated carbocycles. The molecule has 0 bridgehead atoms. The van der Waals surface area contributed by atoms with E-state index in [4.69, 9.17) is 18.9 Å². The Balaban J connectivity index is 1.78. The number of rotatable bonds is 7. The van der Waals surface area contributed by atoms with E-state index in [9.17, 15) is 9.90 Å². The number of carbonyl (C=O) groups is 1. The summed E-state index contributed by atoms with van der Waals surface area (Å²) in [5.74, 6) is 0.569. The molecule has 0 spiro atoms. The van der Waals surface area contributed by atoms with Gasteiger partial charge in [0.1, 0.15) is 0 Å². The van der Waals surface area contributed by atoms with Gasteiger partial charge in [-0.1, -0.05) is 33.1 Å². The van der Waals surface area contributed by atoms with Gasteiger partial charge in [-0.05, 0) is 37.2 Å². The van der Waals surface area contributed by atoms with Crippen LogP contribution >= 0.6 is 11.3 Å². The first kappa shape index (κ1) is 23.2. The molecule has 0 aliphatic heterocycles. The second kappa shape index (κ2) is 9.48. The van der Waals surface area contributed by atoms with E-state index < -0.39 is 11.8 Å². The standard InChI is InChI=1S/C25H34O6S/c1-15-10-16(2)14-25(13-15,30-17-8-6-5-7-9-17)31-22-18-11-19(28-3)20(29-4)12-21(18)32-23(22)24(26)27/h11-12,15-17H,5-10,13-14H2,1-4H3,(H,26,27). The number of hydrogen-bond donors (Lipinski definition) is 1. The molecule has 176 valence electrons. The fourth-order valence-corrected chi connectivity index (χ4v) is 6.50. The number of carboxylic acids is 1. The zero-order chi connectivity index (χ0) is 22.9. The highest BCUT2D eigenvalue weighted by Crippen LogP contribution is 2.48. The van der Waals surface area contributed by atoms with Gasteiger partial charge in [0.2, 0.25) is 5.79 Å². The number of thiophene rings is 1. The summed E-state index contributed by atoms with van der Waals surface area (Å²) in [4.78, 5) is 12.4. The van der Waals surface area contributed by atoms with Crippen molar-refractivity contribution in [3.63, 3.8) is 0 Å². The van der Waals surface area contributed by atoms with Gasteiger partial charge in [0.25, 0.3) is 0 Å². The minimum atomic E-state index is -0.996. The molecule has 2 aliphatic carbocycles. The summed E-state index contributed by atoms with van der Waals surface area (Å²) in [6.45, 7) is 4.46. The van der Waals surface area contributed by atoms with E-state index in [-0.39, 0.29) is 11.0 Å². The molecule has 2 aromatic rings. The Hall–Kier alpha value is -1.99. The summed E-state index contributed by atoms with van der Waals surface area (Å²) in [6, 6.07) is 3.63. The first-order valence-corrected chi connectivity index (χ1v) is 12.4. The SMILES string of the molecule is COc1cc2sc(C(=O)O)c(OC3(OC4CCCCC4)CC(C)CC(C)C3)c2cc1OC. The smallest absolute Gasteiger partial charge is 0.349 e. The van der Waals surface area contributed by atoms with Crippen LogP contribution in [0.3, 0.4) is 0 Å². The van der Waals surface area contributed by atoms with Crippen LogP contribution in [0.5, 0.6) is 17.2 Å². The largest absolute Gasteiger partial charge is 0.493 e. The minimum Gasteiger partial charge on any atom is -0.493 e. The molecule has 7 heteroatoms. The van der Waals surface area contributed by atoms with Gasteiger partial charge in [-0.15, -0.1) is 11.3 Å². The first-order valence-electron chi connectivity index (χ1n) is 11.6. The van der Waals surface area contributed by atoms with Crippen molar-refractivity contribution >= 4 is 27.4 Å². The lowest BCUT2D eigenvalue weighted by Crippen LogP contribution is -2.48. The predicted molar refractivity (Wildman–Crippen MR) is 125 cm³/mol. The number of aromatic carboxylic acids is 1. The van der Waals surface area contributed by atoms with Crippen molar-refractivity contribution in [2.75, 3.05) is 14.2 Å². The fourth-order valence-electron chi connectivity index (χ4n) is 5.52. The third-order valence-corrected chi connectivity index (χ3v) is 7.81. The first-order chi connectivity index (χ1) is 15.3. The lowest BCUT2D eigenvalue weighted by molar-refractivity contribution is -0.245. The van der Waals surface area contributed by atoms with Crippen LogP contribution in [0.15, 0.2) is 12.1 Å². The molecule has 1 heterocycles. The summed E-state index contributed by atoms with van der Waals surface area (Å²) in [7, 11) is 3.15. The van der Waals surface area contributed by atoms with Gasteiger partial charge in [-0.2, -0.15) is 0 Å². The number of carboxylic acid groups (broad SMARTS) is 1. The zero-order valence-corrected chi connectivity index (χ0v) is 20.3. The van der Waals surface area contributed by atoms with Gasteiger partial charge >= 0.3 is 5.97 Å². The van der Waals surface area contributed by atoms with E-state index in [0.717, 1.165) is 42.2 Å². The van der Waals surface area contributed by atoms with Crippen LogP contribution in [-0.4, -0.2) is 37.2 Å². The van der Waals surface area contributed by atoms with Crippen LogP contribution in [-0.2, 0) is 4.74 Å². The number of fused-ring (bicyclic) bond motifs is 1. The third-order valence-electron chi connectivity index (χ3n) is 6.69. The molecule has 2 atom stereocenters. The average molecular weight is 463 g/mol. The summed E-state index contributed by atoms with van der Waals surface area (Å²) in [5, 5.41) is 10.7. The maximum absolute atomic E-state index is 12.2. The molecule has 2 fully saturated rings. The van der Waals surface area contributed by atoms with E-state index in [1.54, 1.807) is 14.2 Å². The maximum atomic E-state index is 12.2. The number of methoxy groups -OCH3 is 2. The van der Waals surface area contributed by atoms with E-state index in [1.165, 1.54) is 30.6 Å². The van der Waals surface area contributed by atoms with Gasteiger partial charge in [-0.3, -0.25) is 0 Å². The van der Waals surface area contributed by atoms with Gasteiger partial charge < -0.3 is 24.1 Å². The molecule has 0 amide bonds. The van der Waals surface area contributed by atoms with E-state index >= 15 is 0 Å². The van der Waals surface area contributed by atoms with Crippen molar-refractivity contribution in [3.8, 4) is 17.2 Å². The highest BCUT2D eigenvalue weighted by molar-refractivity contribution is 7.21. The molecule has 0 radical (unpaired) electrons. The van der Waals surface area contributed by atoms with Crippen molar-refractivity contribution in [2.45, 2.75) is 77.1 Å². The van der Waals surface area contributed by atoms with Crippen molar-refractivity contribution in [1.82, 2.24) is 0 Å². The highest BCUT2D eigenvalue weighted by atomic mass is 32.1. The van der Waals surface area contributed by atoms with Gasteiger partial charge in [0.15, 0.2) is 22.1 Å². The second-order valence-corrected chi connectivity index (χ2v) is 10.6. The molecular weight excluding hydrogens is 428 g/mol. The molecule has 1 aromatic heterocycles. The number of benzene rings is 1. The highest BCUT2D eigenvalue weighted by Gasteiger charge is 2.44. The Kier molecular flexibility index (Phi) is 6.86. The zero-order valence-electron chi connectivity index (χ0n) is 19.4. The topological polar surface area (TPSA) is 74.2 Å². The summed E-state index contributed by atoms with van der Waals surface area (Å²) in [6.07, 6.45) is 8.48. The summed E-state index contributed by atoms with van der Waals surface area (Å²) in [5.41, 5.74) is 0. The van der Waals surface area contributed by atoms with Gasteiger partial charge in [0.05, 0.1) is 20.3 Å². The molecule has 1 aromatic carbocycles. The van der Waals surface area contributed by atoms with Crippen molar-refractivity contribution < 1.29 is 28.8 Å². The number of hydrogen-bond acceptors (Lipinski definition) is 6. The van der Waals surface area contributed by atoms with Gasteiger partial charge in [0, 0.05) is 29.0 Å². The molecule has 4 rings (SSSR count). The average Bonchev–Trinajstić information content (AvgIpc) is 3.09. The monoisotopic (exact) mass is 462 g/mol. The van der Waals surface area contributed by atoms with Crippen LogP contribution in [0.4, 0.5) is 0 Å². The lowest BCUT2D eigenvalue weighted by atomic mass is 9.79. The maximum Gasteiger partial charge on any atom is 0.349 e. The normalized spacial score (nSPS) is 26.8. The Morgan fingerprint density at radius 1 is 1.03 bits per heavy atom. The Labute approximate surface area is 193 Å². The van der Waals surface area contributed by atoms with Crippen LogP contribution < -0.4 is 14.2 Å². The molecule has 2 aliphatic rings. The van der Waals surface area contributed by atoms with Crippen molar-refractivity contribution in [2.24, 2.45) is 11.8 Å². The molecule has 32 heavy (non-hydrogen) atoms. The molecule has 0 saturated heterocycles.